The van der Waals surface area contributed by atoms with E-state index in [1.807, 2.05) is 0 Å². The van der Waals surface area contributed by atoms with Crippen molar-refractivity contribution in [1.29, 1.82) is 0 Å². The van der Waals surface area contributed by atoms with Crippen LogP contribution in [0.3, 0.4) is 0 Å². The van der Waals surface area contributed by atoms with Crippen LogP contribution < -0.4 is 5.32 Å². The van der Waals surface area contributed by atoms with Crippen molar-refractivity contribution in [3.63, 3.8) is 0 Å². The summed E-state index contributed by atoms with van der Waals surface area (Å²) in [7, 11) is 0. The maximum absolute atomic E-state index is 16.7. The molecule has 1 aliphatic carbocycles. The number of piperidine rings is 1. The molecule has 2 saturated heterocycles. The molecule has 6 rings (SSSR count). The van der Waals surface area contributed by atoms with Gasteiger partial charge in [-0.05, 0) is 70.5 Å². The van der Waals surface area contributed by atoms with Gasteiger partial charge in [-0.2, -0.15) is 0 Å². The average molecular weight is 696 g/mol. The number of hydrogen-bond acceptors (Lipinski definition) is 8. The number of imidazole rings is 1. The van der Waals surface area contributed by atoms with Gasteiger partial charge < -0.3 is 24.8 Å². The largest absolute Gasteiger partial charge is 0.444 e. The Labute approximate surface area is 278 Å². The summed E-state index contributed by atoms with van der Waals surface area (Å²) < 4.78 is 82.8. The van der Waals surface area contributed by atoms with E-state index in [1.54, 1.807) is 20.8 Å². The number of halogens is 5. The molecule has 1 saturated carbocycles. The van der Waals surface area contributed by atoms with Gasteiger partial charge in [-0.15, -0.1) is 0 Å². The van der Waals surface area contributed by atoms with Crippen LogP contribution in [0.25, 0.3) is 11.0 Å². The van der Waals surface area contributed by atoms with Gasteiger partial charge >= 0.3 is 6.09 Å². The minimum Gasteiger partial charge on any atom is -0.444 e. The van der Waals surface area contributed by atoms with Gasteiger partial charge in [0.1, 0.15) is 22.6 Å². The fourth-order valence-electron chi connectivity index (χ4n) is 6.98. The first kappa shape index (κ1) is 34.5. The first-order chi connectivity index (χ1) is 22.9. The molecule has 1 unspecified atom stereocenters. The van der Waals surface area contributed by atoms with Crippen LogP contribution in [0.4, 0.5) is 26.7 Å². The predicted octanol–water partition coefficient (Wildman–Crippen LogP) is 5.44. The number of ether oxygens (including phenoxy) is 1. The van der Waals surface area contributed by atoms with Gasteiger partial charge in [-0.3, -0.25) is 9.59 Å². The number of aryl methyl sites for hydroxylation is 1. The molecule has 1 atom stereocenters. The van der Waals surface area contributed by atoms with Gasteiger partial charge in [0.2, 0.25) is 11.8 Å². The minimum atomic E-state index is -3.06. The van der Waals surface area contributed by atoms with Crippen molar-refractivity contribution in [3.05, 3.63) is 40.7 Å². The number of aromatic amines is 1. The van der Waals surface area contributed by atoms with Gasteiger partial charge in [-0.1, -0.05) is 11.2 Å². The number of rotatable bonds is 6. The van der Waals surface area contributed by atoms with Crippen molar-refractivity contribution in [2.45, 2.75) is 95.1 Å². The number of carbonyl (C=O) groups excluding carboxylic acids is 3. The zero-order chi connectivity index (χ0) is 35.5. The van der Waals surface area contributed by atoms with Crippen LogP contribution in [0.15, 0.2) is 16.8 Å². The van der Waals surface area contributed by atoms with E-state index >= 15 is 4.39 Å². The van der Waals surface area contributed by atoms with E-state index in [2.05, 4.69) is 30.2 Å². The molecule has 266 valence electrons. The summed E-state index contributed by atoms with van der Waals surface area (Å²) >= 11 is 0. The number of benzene rings is 1. The Morgan fingerprint density at radius 1 is 1.00 bits per heavy atom. The minimum absolute atomic E-state index is 0.00488. The standard InChI is InChI=1S/C32H38F5N7O5/c1-17-22(42-49-41-17)26(45)40-23(18-7-9-31(34,35)10-8-18)25-38-20-6-5-19(21(33)24(20)39-25)30(27(46)44-15-32(36,37)16-44)11-13-43(14-12-30)28(47)48-29(2,3)4/h5-6,18,23H,7-16H2,1-4H3,(H,38,39)(H,40,45). The molecule has 49 heavy (non-hydrogen) atoms. The lowest BCUT2D eigenvalue weighted by molar-refractivity contribution is -0.173. The maximum atomic E-state index is 16.7. The van der Waals surface area contributed by atoms with E-state index in [4.69, 9.17) is 4.74 Å². The molecule has 2 aromatic heterocycles. The smallest absolute Gasteiger partial charge is 0.410 e. The molecule has 1 aromatic carbocycles. The average Bonchev–Trinajstić information content (AvgIpc) is 3.64. The Hall–Kier alpha value is -4.31. The summed E-state index contributed by atoms with van der Waals surface area (Å²) in [5.41, 5.74) is -2.30. The van der Waals surface area contributed by atoms with Crippen LogP contribution in [0.5, 0.6) is 0 Å². The fraction of sp³-hybridized carbons (Fsp3) is 0.625. The number of nitrogens with one attached hydrogen (secondary N) is 2. The highest BCUT2D eigenvalue weighted by molar-refractivity contribution is 5.93. The number of hydrogen-bond donors (Lipinski definition) is 2. The van der Waals surface area contributed by atoms with Crippen LogP contribution >= 0.6 is 0 Å². The number of H-pyrrole nitrogens is 1. The summed E-state index contributed by atoms with van der Waals surface area (Å²) in [6.07, 6.45) is -1.46. The molecule has 0 spiro atoms. The Morgan fingerprint density at radius 2 is 1.65 bits per heavy atom. The normalized spacial score (nSPS) is 21.2. The second kappa shape index (κ2) is 12.2. The van der Waals surface area contributed by atoms with Gasteiger partial charge in [-0.25, -0.2) is 36.4 Å². The molecule has 12 nitrogen and oxygen atoms in total. The molecule has 2 N–H and O–H groups in total. The van der Waals surface area contributed by atoms with Crippen molar-refractivity contribution in [3.8, 4) is 0 Å². The van der Waals surface area contributed by atoms with E-state index in [0.717, 1.165) is 4.90 Å². The van der Waals surface area contributed by atoms with Crippen LogP contribution in [-0.4, -0.2) is 91.6 Å². The van der Waals surface area contributed by atoms with Crippen LogP contribution in [0.2, 0.25) is 0 Å². The van der Waals surface area contributed by atoms with E-state index in [-0.39, 0.29) is 72.6 Å². The third-order valence-electron chi connectivity index (χ3n) is 9.62. The van der Waals surface area contributed by atoms with Gasteiger partial charge in [0, 0.05) is 31.5 Å². The van der Waals surface area contributed by atoms with Crippen LogP contribution in [0, 0.1) is 18.7 Å². The molecule has 3 aliphatic rings. The third-order valence-corrected chi connectivity index (χ3v) is 9.62. The van der Waals surface area contributed by atoms with E-state index in [1.165, 1.54) is 24.0 Å². The summed E-state index contributed by atoms with van der Waals surface area (Å²) in [6.45, 7) is 5.04. The second-order valence-corrected chi connectivity index (χ2v) is 14.4. The number of carbonyl (C=O) groups is 3. The van der Waals surface area contributed by atoms with Crippen LogP contribution in [0.1, 0.15) is 92.9 Å². The van der Waals surface area contributed by atoms with Crippen molar-refractivity contribution < 1.29 is 45.7 Å². The Kier molecular flexibility index (Phi) is 8.62. The number of nitrogens with zero attached hydrogens (tertiary/aromatic N) is 5. The fourth-order valence-corrected chi connectivity index (χ4v) is 6.98. The highest BCUT2D eigenvalue weighted by atomic mass is 19.3. The van der Waals surface area contributed by atoms with E-state index in [9.17, 15) is 31.9 Å². The molecule has 3 aromatic rings. The summed E-state index contributed by atoms with van der Waals surface area (Å²) in [5.74, 6) is -8.54. The third kappa shape index (κ3) is 6.80. The number of amides is 3. The van der Waals surface area contributed by atoms with Crippen molar-refractivity contribution in [2.24, 2.45) is 5.92 Å². The second-order valence-electron chi connectivity index (χ2n) is 14.4. The highest BCUT2D eigenvalue weighted by Gasteiger charge is 2.54. The van der Waals surface area contributed by atoms with Gasteiger partial charge in [0.25, 0.3) is 11.8 Å². The zero-order valence-electron chi connectivity index (χ0n) is 27.5. The van der Waals surface area contributed by atoms with Gasteiger partial charge in [0.05, 0.1) is 30.1 Å². The monoisotopic (exact) mass is 695 g/mol. The highest BCUT2D eigenvalue weighted by Crippen LogP contribution is 2.44. The van der Waals surface area contributed by atoms with Crippen molar-refractivity contribution >= 4 is 28.9 Å². The van der Waals surface area contributed by atoms with Crippen molar-refractivity contribution in [1.82, 2.24) is 35.4 Å². The first-order valence-corrected chi connectivity index (χ1v) is 16.2. The maximum Gasteiger partial charge on any atom is 0.410 e. The molecule has 4 heterocycles. The lowest BCUT2D eigenvalue weighted by Crippen LogP contribution is -2.64. The van der Waals surface area contributed by atoms with E-state index in [0.29, 0.717) is 0 Å². The molecule has 0 radical (unpaired) electrons. The lowest BCUT2D eigenvalue weighted by atomic mass is 9.70. The number of aromatic nitrogens is 4. The molecule has 3 amide bonds. The number of fused-ring (bicyclic) bond motifs is 1. The number of alkyl halides is 4. The summed E-state index contributed by atoms with van der Waals surface area (Å²) in [6, 6.07) is 1.95. The topological polar surface area (TPSA) is 147 Å². The predicted molar refractivity (Wildman–Crippen MR) is 162 cm³/mol. The van der Waals surface area contributed by atoms with E-state index < -0.39 is 84.5 Å². The molecule has 2 aliphatic heterocycles. The molecular formula is C32H38F5N7O5. The van der Waals surface area contributed by atoms with Crippen LogP contribution in [-0.2, 0) is 14.9 Å². The molecule has 3 fully saturated rings. The molecule has 0 bridgehead atoms. The zero-order valence-corrected chi connectivity index (χ0v) is 27.5. The Morgan fingerprint density at radius 3 is 2.22 bits per heavy atom. The Bertz CT molecular complexity index is 1740. The summed E-state index contributed by atoms with van der Waals surface area (Å²) in [4.78, 5) is 49.8. The quantitative estimate of drug-likeness (QED) is 0.325. The molecular weight excluding hydrogens is 657 g/mol. The lowest BCUT2D eigenvalue weighted by Gasteiger charge is -2.47. The Balaban J connectivity index is 1.35. The molecule has 17 heteroatoms. The first-order valence-electron chi connectivity index (χ1n) is 16.2. The summed E-state index contributed by atoms with van der Waals surface area (Å²) in [5, 5.41) is 10.0. The SMILES string of the molecule is Cc1nonc1C(=O)NC(c1nc2c(F)c(C3(C(=O)N4CC(F)(F)C4)CCN(C(=O)OC(C)(C)C)CC3)ccc2[nH]1)C1CCC(F)(F)CC1. The number of likely N-dealkylation sites (tertiary alicyclic amines) is 2. The van der Waals surface area contributed by atoms with Gasteiger partial charge in [0.15, 0.2) is 11.5 Å². The van der Waals surface area contributed by atoms with Crippen molar-refractivity contribution in [2.75, 3.05) is 26.2 Å².